The van der Waals surface area contributed by atoms with Gasteiger partial charge in [0, 0.05) is 6.42 Å². The molecule has 0 aliphatic heterocycles. The molecule has 7 N–H and O–H groups in total. The van der Waals surface area contributed by atoms with Gasteiger partial charge in [0.05, 0.1) is 18.7 Å². The summed E-state index contributed by atoms with van der Waals surface area (Å²) in [5.41, 5.74) is 16.2. The lowest BCUT2D eigenvalue weighted by molar-refractivity contribution is -0.118. The number of aliphatic hydroxyl groups is 1. The maximum atomic E-state index is 10.6. The van der Waals surface area contributed by atoms with E-state index in [0.29, 0.717) is 10.0 Å². The second-order valence-electron chi connectivity index (χ2n) is 3.04. The van der Waals surface area contributed by atoms with Gasteiger partial charge in [-0.3, -0.25) is 4.79 Å². The van der Waals surface area contributed by atoms with E-state index in [-0.39, 0.29) is 13.0 Å². The summed E-state index contributed by atoms with van der Waals surface area (Å²) in [6, 6.07) is -1.11. The third-order valence-electron chi connectivity index (χ3n) is 1.71. The minimum atomic E-state index is -0.558. The molecule has 0 fully saturated rings. The van der Waals surface area contributed by atoms with E-state index in [1.165, 1.54) is 11.3 Å². The summed E-state index contributed by atoms with van der Waals surface area (Å²) in [4.78, 5) is 10.6. The molecule has 1 aromatic rings. The first kappa shape index (κ1) is 12.0. The predicted octanol–water partition coefficient (Wildman–Crippen LogP) is -1.59. The van der Waals surface area contributed by atoms with Gasteiger partial charge in [0.25, 0.3) is 0 Å². The number of nitrogens with zero attached hydrogens (tertiary/aromatic N) is 2. The smallest absolute Gasteiger partial charge is 0.219 e. The van der Waals surface area contributed by atoms with Gasteiger partial charge >= 0.3 is 0 Å². The fourth-order valence-corrected chi connectivity index (χ4v) is 1.77. The van der Waals surface area contributed by atoms with Crippen molar-refractivity contribution in [2.24, 2.45) is 17.2 Å². The molecule has 2 unspecified atom stereocenters. The average Bonchev–Trinajstić information content (AvgIpc) is 2.64. The molecule has 8 heteroatoms. The number of rotatable bonds is 5. The van der Waals surface area contributed by atoms with Gasteiger partial charge in [0.15, 0.2) is 0 Å². The van der Waals surface area contributed by atoms with Gasteiger partial charge < -0.3 is 22.3 Å². The topological polar surface area (TPSA) is 141 Å². The van der Waals surface area contributed by atoms with Gasteiger partial charge in [-0.2, -0.15) is 0 Å². The molecule has 1 aromatic heterocycles. The van der Waals surface area contributed by atoms with Crippen LogP contribution in [0.3, 0.4) is 0 Å². The van der Waals surface area contributed by atoms with Crippen molar-refractivity contribution in [3.63, 3.8) is 0 Å². The van der Waals surface area contributed by atoms with Crippen LogP contribution in [0, 0.1) is 0 Å². The number of hydrogen-bond acceptors (Lipinski definition) is 7. The zero-order valence-corrected chi connectivity index (χ0v) is 8.78. The maximum absolute atomic E-state index is 10.6. The molecule has 7 nitrogen and oxygen atoms in total. The minimum Gasteiger partial charge on any atom is -0.394 e. The average molecular weight is 231 g/mol. The molecule has 0 radical (unpaired) electrons. The normalized spacial score (nSPS) is 14.9. The fourth-order valence-electron chi connectivity index (χ4n) is 0.928. The van der Waals surface area contributed by atoms with Crippen molar-refractivity contribution in [1.82, 2.24) is 10.2 Å². The van der Waals surface area contributed by atoms with Gasteiger partial charge in [0.2, 0.25) is 5.91 Å². The van der Waals surface area contributed by atoms with Crippen molar-refractivity contribution in [1.29, 1.82) is 0 Å². The van der Waals surface area contributed by atoms with Crippen molar-refractivity contribution < 1.29 is 9.90 Å². The quantitative estimate of drug-likeness (QED) is 0.481. The van der Waals surface area contributed by atoms with Crippen molar-refractivity contribution in [2.45, 2.75) is 18.5 Å². The summed E-state index contributed by atoms with van der Waals surface area (Å²) in [5.74, 6) is -0.495. The predicted molar refractivity (Wildman–Crippen MR) is 54.7 cm³/mol. The first-order valence-corrected chi connectivity index (χ1v) is 5.10. The first-order valence-electron chi connectivity index (χ1n) is 4.28. The monoisotopic (exact) mass is 231 g/mol. The number of hydrogen-bond donors (Lipinski definition) is 4. The number of aliphatic hydroxyl groups excluding tert-OH is 1. The van der Waals surface area contributed by atoms with Gasteiger partial charge in [-0.05, 0) is 0 Å². The van der Waals surface area contributed by atoms with Crippen LogP contribution in [0.2, 0.25) is 0 Å². The Kier molecular flexibility index (Phi) is 4.09. The molecule has 1 amide bonds. The molecule has 0 saturated carbocycles. The number of carbonyl (C=O) groups excluding carboxylic acids is 1. The molecule has 1 heterocycles. The van der Waals surface area contributed by atoms with E-state index in [1.54, 1.807) is 0 Å². The molecule has 84 valence electrons. The minimum absolute atomic E-state index is 0.0169. The molecule has 0 saturated heterocycles. The van der Waals surface area contributed by atoms with Crippen LogP contribution in [0.15, 0.2) is 0 Å². The van der Waals surface area contributed by atoms with Crippen LogP contribution < -0.4 is 17.2 Å². The van der Waals surface area contributed by atoms with Crippen LogP contribution in [0.4, 0.5) is 0 Å². The highest BCUT2D eigenvalue weighted by Gasteiger charge is 2.17. The number of nitrogens with two attached hydrogens (primary N) is 3. The Hall–Kier alpha value is -1.09. The maximum Gasteiger partial charge on any atom is 0.219 e. The third kappa shape index (κ3) is 3.20. The molecule has 0 spiro atoms. The lowest BCUT2D eigenvalue weighted by Crippen LogP contribution is -2.20. The molecule has 15 heavy (non-hydrogen) atoms. The van der Waals surface area contributed by atoms with E-state index < -0.39 is 18.0 Å². The largest absolute Gasteiger partial charge is 0.394 e. The highest BCUT2D eigenvalue weighted by atomic mass is 32.1. The zero-order valence-electron chi connectivity index (χ0n) is 7.96. The standard InChI is InChI=1S/C7H13N5O2S/c8-3(1-5(10)14)6-11-12-7(15-6)4(9)2-13/h3-4,13H,1-2,8-9H2,(H2,10,14). The SMILES string of the molecule is NC(=O)CC(N)c1nnc(C(N)CO)s1. The van der Waals surface area contributed by atoms with Crippen molar-refractivity contribution >= 4 is 17.2 Å². The Balaban J connectivity index is 2.70. The van der Waals surface area contributed by atoms with Gasteiger partial charge in [-0.25, -0.2) is 0 Å². The Morgan fingerprint density at radius 3 is 2.33 bits per heavy atom. The molecule has 0 aliphatic carbocycles. The van der Waals surface area contributed by atoms with Gasteiger partial charge in [-0.15, -0.1) is 10.2 Å². The van der Waals surface area contributed by atoms with E-state index in [0.717, 1.165) is 0 Å². The summed E-state index contributed by atoms with van der Waals surface area (Å²) in [7, 11) is 0. The molecule has 1 rings (SSSR count). The summed E-state index contributed by atoms with van der Waals surface area (Å²) in [6.07, 6.45) is 0.0169. The highest BCUT2D eigenvalue weighted by molar-refractivity contribution is 7.11. The molecule has 0 aromatic carbocycles. The fraction of sp³-hybridized carbons (Fsp3) is 0.571. The van der Waals surface area contributed by atoms with Gasteiger partial charge in [-0.1, -0.05) is 11.3 Å². The van der Waals surface area contributed by atoms with Crippen LogP contribution in [-0.2, 0) is 4.79 Å². The third-order valence-corrected chi connectivity index (χ3v) is 2.90. The van der Waals surface area contributed by atoms with E-state index in [9.17, 15) is 4.79 Å². The highest BCUT2D eigenvalue weighted by Crippen LogP contribution is 2.21. The summed E-state index contributed by atoms with van der Waals surface area (Å²) < 4.78 is 0. The number of amides is 1. The van der Waals surface area contributed by atoms with Crippen LogP contribution >= 0.6 is 11.3 Å². The lowest BCUT2D eigenvalue weighted by Gasteiger charge is -2.03. The summed E-state index contributed by atoms with van der Waals surface area (Å²) in [5, 5.41) is 17.3. The molecule has 0 aliphatic rings. The second kappa shape index (κ2) is 5.12. The van der Waals surface area contributed by atoms with Crippen molar-refractivity contribution in [3.8, 4) is 0 Å². The first-order chi connectivity index (χ1) is 7.04. The zero-order chi connectivity index (χ0) is 11.4. The molecule has 0 bridgehead atoms. The molecular weight excluding hydrogens is 218 g/mol. The lowest BCUT2D eigenvalue weighted by atomic mass is 10.2. The van der Waals surface area contributed by atoms with Crippen molar-refractivity contribution in [2.75, 3.05) is 6.61 Å². The second-order valence-corrected chi connectivity index (χ2v) is 4.09. The van der Waals surface area contributed by atoms with Crippen LogP contribution in [-0.4, -0.2) is 27.8 Å². The molecular formula is C7H13N5O2S. The molecule has 2 atom stereocenters. The summed E-state index contributed by atoms with van der Waals surface area (Å²) >= 11 is 1.18. The van der Waals surface area contributed by atoms with E-state index in [4.69, 9.17) is 22.3 Å². The van der Waals surface area contributed by atoms with Gasteiger partial charge in [0.1, 0.15) is 10.0 Å². The number of primary amides is 1. The Morgan fingerprint density at radius 2 is 1.87 bits per heavy atom. The van der Waals surface area contributed by atoms with E-state index in [1.807, 2.05) is 0 Å². The Labute approximate surface area is 90.3 Å². The van der Waals surface area contributed by atoms with Crippen molar-refractivity contribution in [3.05, 3.63) is 10.0 Å². The van der Waals surface area contributed by atoms with Crippen LogP contribution in [0.25, 0.3) is 0 Å². The number of aromatic nitrogens is 2. The Morgan fingerprint density at radius 1 is 1.33 bits per heavy atom. The summed E-state index contributed by atoms with van der Waals surface area (Å²) in [6.45, 7) is -0.209. The van der Waals surface area contributed by atoms with Crippen LogP contribution in [0.5, 0.6) is 0 Å². The van der Waals surface area contributed by atoms with E-state index in [2.05, 4.69) is 10.2 Å². The Bertz CT molecular complexity index is 342. The number of carbonyl (C=O) groups is 1. The van der Waals surface area contributed by atoms with E-state index >= 15 is 0 Å². The van der Waals surface area contributed by atoms with Crippen LogP contribution in [0.1, 0.15) is 28.5 Å².